The van der Waals surface area contributed by atoms with Gasteiger partial charge >= 0.3 is 0 Å². The van der Waals surface area contributed by atoms with Gasteiger partial charge < -0.3 is 5.73 Å². The summed E-state index contributed by atoms with van der Waals surface area (Å²) in [5, 5.41) is 8.21. The highest BCUT2D eigenvalue weighted by Gasteiger charge is 2.09. The minimum Gasteiger partial charge on any atom is -0.369 e. The normalized spacial score (nSPS) is 10.8. The molecular formula is C14H17N3OS3. The van der Waals surface area contributed by atoms with E-state index < -0.39 is 0 Å². The lowest BCUT2D eigenvalue weighted by molar-refractivity contribution is -0.115. The van der Waals surface area contributed by atoms with Crippen LogP contribution in [0.4, 0.5) is 0 Å². The molecule has 0 bridgehead atoms. The van der Waals surface area contributed by atoms with E-state index in [0.717, 1.165) is 14.4 Å². The van der Waals surface area contributed by atoms with Crippen LogP contribution in [0.15, 0.2) is 20.8 Å². The first-order valence-corrected chi connectivity index (χ1v) is 9.18. The van der Waals surface area contributed by atoms with Gasteiger partial charge in [0.05, 0.1) is 5.75 Å². The zero-order valence-corrected chi connectivity index (χ0v) is 14.6. The number of carbonyl (C=O) groups excluding carboxylic acids is 1. The molecule has 1 aromatic heterocycles. The zero-order chi connectivity index (χ0) is 15.4. The van der Waals surface area contributed by atoms with Crippen LogP contribution in [0.2, 0.25) is 0 Å². The molecule has 4 nitrogen and oxygen atoms in total. The smallest absolute Gasteiger partial charge is 0.227 e. The number of primary amides is 1. The van der Waals surface area contributed by atoms with Crippen molar-refractivity contribution >= 4 is 40.8 Å². The van der Waals surface area contributed by atoms with Crippen LogP contribution in [0, 0.1) is 20.8 Å². The molecule has 0 saturated heterocycles. The molecule has 0 aliphatic heterocycles. The van der Waals surface area contributed by atoms with Crippen LogP contribution < -0.4 is 5.73 Å². The second-order valence-corrected chi connectivity index (χ2v) is 8.18. The van der Waals surface area contributed by atoms with Crippen LogP contribution in [0.3, 0.4) is 0 Å². The molecule has 1 heterocycles. The SMILES string of the molecule is Cc1cc(C)c(CSc2nnc(SCC(N)=O)s2)c(C)c1. The largest absolute Gasteiger partial charge is 0.369 e. The van der Waals surface area contributed by atoms with Crippen molar-refractivity contribution in [2.24, 2.45) is 5.73 Å². The maximum absolute atomic E-state index is 10.7. The Morgan fingerprint density at radius 3 is 2.29 bits per heavy atom. The van der Waals surface area contributed by atoms with Crippen LogP contribution in [0.25, 0.3) is 0 Å². The minimum absolute atomic E-state index is 0.246. The molecule has 0 saturated carbocycles. The molecule has 0 atom stereocenters. The maximum atomic E-state index is 10.7. The third-order valence-corrected chi connectivity index (χ3v) is 6.14. The number of hydrogen-bond donors (Lipinski definition) is 1. The monoisotopic (exact) mass is 339 g/mol. The van der Waals surface area contributed by atoms with E-state index >= 15 is 0 Å². The van der Waals surface area contributed by atoms with E-state index in [1.54, 1.807) is 11.8 Å². The van der Waals surface area contributed by atoms with Crippen molar-refractivity contribution in [1.82, 2.24) is 10.2 Å². The van der Waals surface area contributed by atoms with Gasteiger partial charge in [0.25, 0.3) is 0 Å². The fourth-order valence-electron chi connectivity index (χ4n) is 2.02. The summed E-state index contributed by atoms with van der Waals surface area (Å²) in [5.74, 6) is 0.790. The average Bonchev–Trinajstić information content (AvgIpc) is 2.83. The van der Waals surface area contributed by atoms with Crippen LogP contribution in [0.5, 0.6) is 0 Å². The van der Waals surface area contributed by atoms with Crippen LogP contribution in [-0.4, -0.2) is 21.9 Å². The molecule has 1 amide bonds. The molecule has 2 rings (SSSR count). The lowest BCUT2D eigenvalue weighted by Gasteiger charge is -2.09. The van der Waals surface area contributed by atoms with Gasteiger partial charge in [0, 0.05) is 5.75 Å². The molecule has 0 fully saturated rings. The number of rotatable bonds is 6. The number of amides is 1. The molecule has 7 heteroatoms. The second-order valence-electron chi connectivity index (χ2n) is 4.75. The molecule has 0 radical (unpaired) electrons. The Bertz CT molecular complexity index is 632. The Kier molecular flexibility index (Phi) is 5.66. The average molecular weight is 340 g/mol. The summed E-state index contributed by atoms with van der Waals surface area (Å²) in [6, 6.07) is 4.41. The van der Waals surface area contributed by atoms with E-state index in [9.17, 15) is 4.79 Å². The number of nitrogens with zero attached hydrogens (tertiary/aromatic N) is 2. The first kappa shape index (κ1) is 16.3. The number of thioether (sulfide) groups is 2. The predicted octanol–water partition coefficient (Wildman–Crippen LogP) is 3.33. The summed E-state index contributed by atoms with van der Waals surface area (Å²) >= 11 is 4.52. The molecular weight excluding hydrogens is 322 g/mol. The van der Waals surface area contributed by atoms with Crippen molar-refractivity contribution in [3.05, 3.63) is 34.4 Å². The van der Waals surface area contributed by atoms with E-state index in [-0.39, 0.29) is 11.7 Å². The second kappa shape index (κ2) is 7.29. The van der Waals surface area contributed by atoms with Gasteiger partial charge in [-0.2, -0.15) is 0 Å². The molecule has 2 N–H and O–H groups in total. The Labute approximate surface area is 136 Å². The quantitative estimate of drug-likeness (QED) is 0.818. The molecule has 0 spiro atoms. The van der Waals surface area contributed by atoms with Gasteiger partial charge in [-0.05, 0) is 37.5 Å². The van der Waals surface area contributed by atoms with Crippen molar-refractivity contribution in [3.63, 3.8) is 0 Å². The van der Waals surface area contributed by atoms with Crippen LogP contribution >= 0.6 is 34.9 Å². The lowest BCUT2D eigenvalue weighted by Crippen LogP contribution is -2.12. The summed E-state index contributed by atoms with van der Waals surface area (Å²) in [5.41, 5.74) is 10.4. The summed E-state index contributed by atoms with van der Waals surface area (Å²) in [7, 11) is 0. The fraction of sp³-hybridized carbons (Fsp3) is 0.357. The Morgan fingerprint density at radius 2 is 1.71 bits per heavy atom. The Morgan fingerprint density at radius 1 is 1.14 bits per heavy atom. The number of aryl methyl sites for hydroxylation is 3. The van der Waals surface area contributed by atoms with E-state index in [1.807, 2.05) is 0 Å². The molecule has 21 heavy (non-hydrogen) atoms. The zero-order valence-electron chi connectivity index (χ0n) is 12.2. The van der Waals surface area contributed by atoms with E-state index in [4.69, 9.17) is 5.73 Å². The van der Waals surface area contributed by atoms with Gasteiger partial charge in [0.15, 0.2) is 8.68 Å². The van der Waals surface area contributed by atoms with Gasteiger partial charge in [-0.15, -0.1) is 10.2 Å². The van der Waals surface area contributed by atoms with E-state index in [0.29, 0.717) is 0 Å². The van der Waals surface area contributed by atoms with Gasteiger partial charge in [-0.1, -0.05) is 52.6 Å². The van der Waals surface area contributed by atoms with Crippen molar-refractivity contribution in [1.29, 1.82) is 0 Å². The Hall–Kier alpha value is -1.05. The van der Waals surface area contributed by atoms with E-state index in [2.05, 4.69) is 43.1 Å². The fourth-order valence-corrected chi connectivity index (χ4v) is 4.97. The number of nitrogens with two attached hydrogens (primary N) is 1. The van der Waals surface area contributed by atoms with Crippen LogP contribution in [-0.2, 0) is 10.5 Å². The number of benzene rings is 1. The number of hydrogen-bond acceptors (Lipinski definition) is 6. The first-order valence-electron chi connectivity index (χ1n) is 6.40. The maximum Gasteiger partial charge on any atom is 0.227 e. The van der Waals surface area contributed by atoms with Crippen molar-refractivity contribution in [2.75, 3.05) is 5.75 Å². The molecule has 0 aliphatic rings. The van der Waals surface area contributed by atoms with Gasteiger partial charge in [0.1, 0.15) is 0 Å². The Balaban J connectivity index is 1.99. The topological polar surface area (TPSA) is 68.9 Å². The summed E-state index contributed by atoms with van der Waals surface area (Å²) in [4.78, 5) is 10.7. The molecule has 0 aliphatic carbocycles. The third kappa shape index (κ3) is 4.72. The number of carbonyl (C=O) groups is 1. The van der Waals surface area contributed by atoms with Crippen LogP contribution in [0.1, 0.15) is 22.3 Å². The van der Waals surface area contributed by atoms with Crippen molar-refractivity contribution < 1.29 is 4.79 Å². The molecule has 2 aromatic rings. The molecule has 112 valence electrons. The standard InChI is InChI=1S/C14H17N3OS3/c1-8-4-9(2)11(10(3)5-8)6-19-13-16-17-14(21-13)20-7-12(15)18/h4-5H,6-7H2,1-3H3,(H2,15,18). The van der Waals surface area contributed by atoms with Crippen molar-refractivity contribution in [2.45, 2.75) is 35.2 Å². The highest BCUT2D eigenvalue weighted by molar-refractivity contribution is 8.03. The molecule has 0 unspecified atom stereocenters. The van der Waals surface area contributed by atoms with Gasteiger partial charge in [-0.3, -0.25) is 4.79 Å². The first-order chi connectivity index (χ1) is 9.95. The summed E-state index contributed by atoms with van der Waals surface area (Å²) in [6.07, 6.45) is 0. The molecule has 1 aromatic carbocycles. The van der Waals surface area contributed by atoms with Gasteiger partial charge in [-0.25, -0.2) is 0 Å². The highest BCUT2D eigenvalue weighted by Crippen LogP contribution is 2.32. The highest BCUT2D eigenvalue weighted by atomic mass is 32.2. The van der Waals surface area contributed by atoms with E-state index in [1.165, 1.54) is 45.4 Å². The summed E-state index contributed by atoms with van der Waals surface area (Å²) < 4.78 is 1.70. The minimum atomic E-state index is -0.338. The number of aromatic nitrogens is 2. The predicted molar refractivity (Wildman–Crippen MR) is 90.0 cm³/mol. The van der Waals surface area contributed by atoms with Gasteiger partial charge in [0.2, 0.25) is 5.91 Å². The summed E-state index contributed by atoms with van der Waals surface area (Å²) in [6.45, 7) is 6.40. The third-order valence-electron chi connectivity index (χ3n) is 2.91. The van der Waals surface area contributed by atoms with Crippen molar-refractivity contribution in [3.8, 4) is 0 Å². The lowest BCUT2D eigenvalue weighted by atomic mass is 10.0.